The van der Waals surface area contributed by atoms with Crippen LogP contribution in [0.5, 0.6) is 0 Å². The van der Waals surface area contributed by atoms with Gasteiger partial charge in [-0.15, -0.1) is 0 Å². The van der Waals surface area contributed by atoms with Crippen molar-refractivity contribution in [2.45, 2.75) is 32.2 Å². The van der Waals surface area contributed by atoms with E-state index < -0.39 is 5.82 Å². The van der Waals surface area contributed by atoms with Crippen LogP contribution >= 0.6 is 11.6 Å². The molecule has 0 saturated heterocycles. The van der Waals surface area contributed by atoms with Crippen LogP contribution in [0.1, 0.15) is 34.8 Å². The van der Waals surface area contributed by atoms with Crippen molar-refractivity contribution in [3.05, 3.63) is 76.3 Å². The van der Waals surface area contributed by atoms with Crippen LogP contribution in [0.3, 0.4) is 0 Å². The van der Waals surface area contributed by atoms with Gasteiger partial charge in [-0.25, -0.2) is 9.37 Å². The summed E-state index contributed by atoms with van der Waals surface area (Å²) in [6.45, 7) is 0.930. The van der Waals surface area contributed by atoms with Gasteiger partial charge in [-0.1, -0.05) is 16.8 Å². The van der Waals surface area contributed by atoms with Crippen LogP contribution in [0.25, 0.3) is 11.4 Å². The number of furan rings is 1. The fourth-order valence-corrected chi connectivity index (χ4v) is 3.79. The fourth-order valence-electron chi connectivity index (χ4n) is 3.61. The maximum absolute atomic E-state index is 13.5. The number of aliphatic hydroxyl groups is 1. The van der Waals surface area contributed by atoms with Gasteiger partial charge in [-0.2, -0.15) is 4.98 Å². The van der Waals surface area contributed by atoms with E-state index in [9.17, 15) is 9.50 Å². The minimum atomic E-state index is -0.505. The molecule has 0 amide bonds. The van der Waals surface area contributed by atoms with Gasteiger partial charge in [-0.3, -0.25) is 4.90 Å². The van der Waals surface area contributed by atoms with Gasteiger partial charge in [0.1, 0.15) is 23.9 Å². The molecule has 4 aromatic rings. The summed E-state index contributed by atoms with van der Waals surface area (Å²) in [7, 11) is 0. The van der Waals surface area contributed by atoms with Gasteiger partial charge in [0, 0.05) is 18.5 Å². The lowest BCUT2D eigenvalue weighted by atomic mass is 10.0. The Balaban J connectivity index is 1.45. The average molecular weight is 430 g/mol. The van der Waals surface area contributed by atoms with Crippen LogP contribution in [-0.4, -0.2) is 30.1 Å². The number of hydrogen-bond acceptors (Lipinski definition) is 7. The summed E-state index contributed by atoms with van der Waals surface area (Å²) in [6.07, 6.45) is 2.25. The maximum atomic E-state index is 13.5. The summed E-state index contributed by atoms with van der Waals surface area (Å²) in [5, 5.41) is 13.3. The van der Waals surface area contributed by atoms with Crippen molar-refractivity contribution in [1.29, 1.82) is 0 Å². The Morgan fingerprint density at radius 2 is 2.13 bits per heavy atom. The number of fused-ring (bicyclic) bond motifs is 1. The van der Waals surface area contributed by atoms with Crippen LogP contribution in [0.4, 0.5) is 4.39 Å². The van der Waals surface area contributed by atoms with Gasteiger partial charge in [0.2, 0.25) is 11.7 Å². The Labute approximate surface area is 175 Å². The molecule has 1 aliphatic rings. The van der Waals surface area contributed by atoms with Gasteiger partial charge < -0.3 is 19.0 Å². The Kier molecular flexibility index (Phi) is 4.86. The highest BCUT2D eigenvalue weighted by Gasteiger charge is 2.33. The lowest BCUT2D eigenvalue weighted by Crippen LogP contribution is -2.34. The number of H-pyrrole nitrogens is 1. The molecule has 1 aromatic carbocycles. The second kappa shape index (κ2) is 7.67. The number of aliphatic hydroxyl groups excluding tert-OH is 1. The molecule has 1 aliphatic heterocycles. The molecule has 0 bridgehead atoms. The number of hydrogen-bond donors (Lipinski definition) is 2. The van der Waals surface area contributed by atoms with Crippen LogP contribution in [-0.2, 0) is 26.1 Å². The summed E-state index contributed by atoms with van der Waals surface area (Å²) < 4.78 is 24.7. The first-order valence-electron chi connectivity index (χ1n) is 9.33. The van der Waals surface area contributed by atoms with Crippen molar-refractivity contribution in [2.75, 3.05) is 0 Å². The topological polar surface area (TPSA) is 104 Å². The second-order valence-corrected chi connectivity index (χ2v) is 7.47. The highest BCUT2D eigenvalue weighted by Crippen LogP contribution is 2.34. The van der Waals surface area contributed by atoms with Crippen molar-refractivity contribution in [3.63, 3.8) is 0 Å². The Bertz CT molecular complexity index is 1190. The summed E-state index contributed by atoms with van der Waals surface area (Å²) in [6, 6.07) is 7.66. The number of nitrogens with zero attached hydrogens (tertiary/aromatic N) is 4. The summed E-state index contributed by atoms with van der Waals surface area (Å²) in [5.41, 5.74) is 2.53. The van der Waals surface area contributed by atoms with Crippen molar-refractivity contribution in [1.82, 2.24) is 25.0 Å². The highest BCUT2D eigenvalue weighted by molar-refractivity contribution is 6.31. The average Bonchev–Trinajstić information content (AvgIpc) is 3.49. The van der Waals surface area contributed by atoms with E-state index in [0.717, 1.165) is 17.1 Å². The quantitative estimate of drug-likeness (QED) is 0.499. The molecule has 5 rings (SSSR count). The lowest BCUT2D eigenvalue weighted by Gasteiger charge is -2.31. The van der Waals surface area contributed by atoms with E-state index in [-0.39, 0.29) is 17.7 Å². The first-order chi connectivity index (χ1) is 14.6. The van der Waals surface area contributed by atoms with Gasteiger partial charge >= 0.3 is 0 Å². The second-order valence-electron chi connectivity index (χ2n) is 7.06. The van der Waals surface area contributed by atoms with E-state index in [2.05, 4.69) is 25.0 Å². The van der Waals surface area contributed by atoms with E-state index in [1.165, 1.54) is 12.1 Å². The van der Waals surface area contributed by atoms with Crippen molar-refractivity contribution in [3.8, 4) is 11.4 Å². The summed E-state index contributed by atoms with van der Waals surface area (Å²) in [4.78, 5) is 14.2. The van der Waals surface area contributed by atoms with Crippen molar-refractivity contribution < 1.29 is 18.4 Å². The van der Waals surface area contributed by atoms with Crippen LogP contribution in [0.15, 0.2) is 45.6 Å². The first-order valence-corrected chi connectivity index (χ1v) is 9.71. The van der Waals surface area contributed by atoms with Gasteiger partial charge in [0.25, 0.3) is 0 Å². The summed E-state index contributed by atoms with van der Waals surface area (Å²) in [5.74, 6) is 1.48. The van der Waals surface area contributed by atoms with E-state index >= 15 is 0 Å². The Morgan fingerprint density at radius 3 is 2.93 bits per heavy atom. The standard InChI is InChI=1S/C20H17ClFN5O3/c21-14-5-11(1-4-15(14)22)19-25-20(30-26-19)18-6-16-17(24-10-23-16)8-27(18)7-12-2-3-13(9-28)29-12/h1-5,10,18,28H,6-9H2,(H,23,24)/t18-/m0/s1. The third-order valence-corrected chi connectivity index (χ3v) is 5.42. The zero-order chi connectivity index (χ0) is 20.7. The molecule has 0 spiro atoms. The summed E-state index contributed by atoms with van der Waals surface area (Å²) >= 11 is 5.88. The molecule has 30 heavy (non-hydrogen) atoms. The highest BCUT2D eigenvalue weighted by atomic mass is 35.5. The normalized spacial score (nSPS) is 16.7. The van der Waals surface area contributed by atoms with Gasteiger partial charge in [0.15, 0.2) is 0 Å². The number of imidazole rings is 1. The van der Waals surface area contributed by atoms with Gasteiger partial charge in [-0.05, 0) is 30.3 Å². The minimum Gasteiger partial charge on any atom is -0.462 e. The van der Waals surface area contributed by atoms with Crippen LogP contribution in [0.2, 0.25) is 5.02 Å². The molecule has 0 unspecified atom stereocenters. The minimum absolute atomic E-state index is 0.00295. The Hall–Kier alpha value is -3.01. The number of benzene rings is 1. The van der Waals surface area contributed by atoms with Crippen molar-refractivity contribution in [2.24, 2.45) is 0 Å². The third-order valence-electron chi connectivity index (χ3n) is 5.13. The predicted octanol–water partition coefficient (Wildman–Crippen LogP) is 3.64. The molecule has 8 nitrogen and oxygen atoms in total. The molecule has 0 fully saturated rings. The van der Waals surface area contributed by atoms with Crippen LogP contribution < -0.4 is 0 Å². The monoisotopic (exact) mass is 429 g/mol. The smallest absolute Gasteiger partial charge is 0.244 e. The molecule has 0 radical (unpaired) electrons. The molecule has 0 saturated carbocycles. The number of nitrogens with one attached hydrogen (secondary N) is 1. The molecule has 2 N–H and O–H groups in total. The van der Waals surface area contributed by atoms with E-state index in [1.807, 2.05) is 6.07 Å². The Morgan fingerprint density at radius 1 is 1.27 bits per heavy atom. The molecular formula is C20H17ClFN5O3. The SMILES string of the molecule is OCc1ccc(CN2Cc3[nH]cnc3C[C@H]2c2nc(-c3ccc(F)c(Cl)c3)no2)o1. The molecular weight excluding hydrogens is 413 g/mol. The van der Waals surface area contributed by atoms with E-state index in [4.69, 9.17) is 20.5 Å². The molecule has 154 valence electrons. The zero-order valence-electron chi connectivity index (χ0n) is 15.7. The largest absolute Gasteiger partial charge is 0.462 e. The number of aromatic nitrogens is 4. The molecule has 10 heteroatoms. The molecule has 4 heterocycles. The molecule has 0 aliphatic carbocycles. The third kappa shape index (κ3) is 3.51. The van der Waals surface area contributed by atoms with Crippen molar-refractivity contribution >= 4 is 11.6 Å². The van der Waals surface area contributed by atoms with Crippen LogP contribution in [0, 0.1) is 5.82 Å². The first kappa shape index (κ1) is 19.0. The van der Waals surface area contributed by atoms with Gasteiger partial charge in [0.05, 0.1) is 35.3 Å². The fraction of sp³-hybridized carbons (Fsp3) is 0.250. The predicted molar refractivity (Wildman–Crippen MR) is 104 cm³/mol. The van der Waals surface area contributed by atoms with E-state index in [1.54, 1.807) is 18.5 Å². The number of halogens is 2. The molecule has 3 aromatic heterocycles. The lowest BCUT2D eigenvalue weighted by molar-refractivity contribution is 0.117. The van der Waals surface area contributed by atoms with E-state index in [0.29, 0.717) is 42.5 Å². The number of aromatic amines is 1. The number of rotatable bonds is 5. The molecule has 1 atom stereocenters. The maximum Gasteiger partial charge on any atom is 0.244 e. The zero-order valence-corrected chi connectivity index (χ0v) is 16.4.